The summed E-state index contributed by atoms with van der Waals surface area (Å²) in [4.78, 5) is 2.72. The van der Waals surface area contributed by atoms with Crippen LogP contribution in [-0.4, -0.2) is 33.9 Å². The highest BCUT2D eigenvalue weighted by atomic mass is 32.1. The molecule has 2 heterocycles. The molecule has 2 aliphatic rings. The number of piperidine rings is 1. The number of hydrogen-bond acceptors (Lipinski definition) is 3. The van der Waals surface area contributed by atoms with Gasteiger partial charge in [0.15, 0.2) is 0 Å². The lowest BCUT2D eigenvalue weighted by molar-refractivity contribution is 0.124. The van der Waals surface area contributed by atoms with Crippen LogP contribution in [0.5, 0.6) is 0 Å². The van der Waals surface area contributed by atoms with Crippen molar-refractivity contribution in [3.63, 3.8) is 0 Å². The normalized spacial score (nSPS) is 23.6. The molecule has 0 N–H and O–H groups in total. The molecule has 1 saturated heterocycles. The van der Waals surface area contributed by atoms with Crippen LogP contribution in [-0.2, 0) is 6.42 Å². The van der Waals surface area contributed by atoms with Crippen LogP contribution < -0.4 is 0 Å². The van der Waals surface area contributed by atoms with Gasteiger partial charge >= 0.3 is 0 Å². The standard InChI is InChI=1S/C19H23N3S/c1-3-9-21-10-5-7-14-15-6-4-8-17-19(15)16(11-18(14)21)13(2)22(17)20-12-23/h4,6,8,14,18H,3,5,7,9-11H2,1-2H3/t14-,18-/m1/s1. The van der Waals surface area contributed by atoms with E-state index in [1.165, 1.54) is 60.1 Å². The van der Waals surface area contributed by atoms with Gasteiger partial charge in [0, 0.05) is 23.0 Å². The number of benzene rings is 1. The molecule has 4 heteroatoms. The lowest BCUT2D eigenvalue weighted by atomic mass is 9.74. The van der Waals surface area contributed by atoms with Crippen LogP contribution in [0.1, 0.15) is 48.9 Å². The maximum absolute atomic E-state index is 4.86. The molecule has 2 aromatic rings. The third-order valence-corrected chi connectivity index (χ3v) is 5.80. The molecule has 4 rings (SSSR count). The van der Waals surface area contributed by atoms with Crippen LogP contribution in [0.2, 0.25) is 0 Å². The molecule has 120 valence electrons. The van der Waals surface area contributed by atoms with E-state index in [2.05, 4.69) is 47.2 Å². The van der Waals surface area contributed by atoms with E-state index in [-0.39, 0.29) is 0 Å². The molecular formula is C19H23N3S. The first kappa shape index (κ1) is 15.1. The Balaban J connectivity index is 1.92. The van der Waals surface area contributed by atoms with Crippen molar-refractivity contribution in [1.29, 1.82) is 0 Å². The van der Waals surface area contributed by atoms with E-state index in [0.29, 0.717) is 12.0 Å². The average molecular weight is 325 g/mol. The highest BCUT2D eigenvalue weighted by Crippen LogP contribution is 2.45. The highest BCUT2D eigenvalue weighted by molar-refractivity contribution is 7.78. The first-order valence-corrected chi connectivity index (χ1v) is 9.12. The van der Waals surface area contributed by atoms with Gasteiger partial charge in [0.1, 0.15) is 0 Å². The Bertz CT molecular complexity index is 799. The van der Waals surface area contributed by atoms with Gasteiger partial charge in [0.2, 0.25) is 0 Å². The van der Waals surface area contributed by atoms with Crippen LogP contribution in [0.15, 0.2) is 23.3 Å². The highest BCUT2D eigenvalue weighted by Gasteiger charge is 2.38. The lowest BCUT2D eigenvalue weighted by Crippen LogP contribution is -2.47. The van der Waals surface area contributed by atoms with Crippen LogP contribution in [0.25, 0.3) is 10.9 Å². The Morgan fingerprint density at radius 1 is 1.39 bits per heavy atom. The maximum atomic E-state index is 4.86. The lowest BCUT2D eigenvalue weighted by Gasteiger charge is -2.44. The molecule has 0 amide bonds. The number of likely N-dealkylation sites (tertiary alicyclic amines) is 1. The van der Waals surface area contributed by atoms with Gasteiger partial charge in [0.05, 0.1) is 10.7 Å². The predicted molar refractivity (Wildman–Crippen MR) is 98.4 cm³/mol. The molecule has 1 aliphatic heterocycles. The minimum atomic E-state index is 0.646. The zero-order chi connectivity index (χ0) is 16.0. The topological polar surface area (TPSA) is 20.5 Å². The SMILES string of the molecule is CCCN1CCC[C@@H]2c3cccc4c3c(c(C)n4N=C=S)C[C@H]21. The number of nitrogens with zero attached hydrogens (tertiary/aromatic N) is 3. The Hall–Kier alpha value is -1.48. The van der Waals surface area contributed by atoms with Gasteiger partial charge in [-0.3, -0.25) is 4.90 Å². The summed E-state index contributed by atoms with van der Waals surface area (Å²) in [6.07, 6.45) is 4.99. The quantitative estimate of drug-likeness (QED) is 0.618. The second-order valence-corrected chi connectivity index (χ2v) is 7.05. The second kappa shape index (κ2) is 5.86. The number of aromatic nitrogens is 1. The molecule has 0 unspecified atom stereocenters. The Labute approximate surface area is 143 Å². The van der Waals surface area contributed by atoms with Crippen LogP contribution >= 0.6 is 12.2 Å². The van der Waals surface area contributed by atoms with Crippen molar-refractivity contribution < 1.29 is 0 Å². The molecule has 1 fully saturated rings. The Morgan fingerprint density at radius 2 is 2.26 bits per heavy atom. The van der Waals surface area contributed by atoms with Gasteiger partial charge < -0.3 is 0 Å². The molecular weight excluding hydrogens is 302 g/mol. The van der Waals surface area contributed by atoms with Crippen molar-refractivity contribution in [3.05, 3.63) is 35.0 Å². The van der Waals surface area contributed by atoms with Gasteiger partial charge in [-0.15, -0.1) is 5.10 Å². The monoisotopic (exact) mass is 325 g/mol. The predicted octanol–water partition coefficient (Wildman–Crippen LogP) is 4.33. The smallest absolute Gasteiger partial charge is 0.0854 e. The summed E-state index contributed by atoms with van der Waals surface area (Å²) in [5.41, 5.74) is 5.41. The minimum absolute atomic E-state index is 0.646. The molecule has 0 radical (unpaired) electrons. The van der Waals surface area contributed by atoms with Crippen molar-refractivity contribution >= 4 is 28.3 Å². The van der Waals surface area contributed by atoms with E-state index in [1.54, 1.807) is 0 Å². The summed E-state index contributed by atoms with van der Waals surface area (Å²) in [6.45, 7) is 6.92. The molecule has 1 aliphatic carbocycles. The number of hydrogen-bond donors (Lipinski definition) is 0. The summed E-state index contributed by atoms with van der Waals surface area (Å²) in [7, 11) is 0. The Morgan fingerprint density at radius 3 is 3.04 bits per heavy atom. The van der Waals surface area contributed by atoms with E-state index in [4.69, 9.17) is 12.2 Å². The van der Waals surface area contributed by atoms with Crippen molar-refractivity contribution in [1.82, 2.24) is 9.58 Å². The zero-order valence-corrected chi connectivity index (χ0v) is 14.7. The number of fused-ring (bicyclic) bond motifs is 2. The summed E-state index contributed by atoms with van der Waals surface area (Å²) in [5, 5.41) is 8.29. The second-order valence-electron chi connectivity index (χ2n) is 6.86. The molecule has 0 spiro atoms. The van der Waals surface area contributed by atoms with Crippen molar-refractivity contribution in [3.8, 4) is 0 Å². The summed E-state index contributed by atoms with van der Waals surface area (Å²) in [5.74, 6) is 0.665. The van der Waals surface area contributed by atoms with Gasteiger partial charge in [-0.1, -0.05) is 19.1 Å². The molecule has 1 aromatic heterocycles. The number of thiocarbonyl (C=S) groups is 1. The van der Waals surface area contributed by atoms with Gasteiger partial charge in [-0.05, 0) is 75.1 Å². The maximum Gasteiger partial charge on any atom is 0.0854 e. The third-order valence-electron chi connectivity index (χ3n) is 5.72. The van der Waals surface area contributed by atoms with Crippen molar-refractivity contribution in [2.75, 3.05) is 13.1 Å². The van der Waals surface area contributed by atoms with E-state index >= 15 is 0 Å². The Kier molecular flexibility index (Phi) is 3.84. The third kappa shape index (κ3) is 2.20. The average Bonchev–Trinajstić information content (AvgIpc) is 2.84. The number of isothiocyanates is 1. The molecule has 2 atom stereocenters. The summed E-state index contributed by atoms with van der Waals surface area (Å²) < 4.78 is 1.99. The minimum Gasteiger partial charge on any atom is -0.299 e. The molecule has 23 heavy (non-hydrogen) atoms. The van der Waals surface area contributed by atoms with Crippen molar-refractivity contribution in [2.24, 2.45) is 5.10 Å². The van der Waals surface area contributed by atoms with E-state index in [9.17, 15) is 0 Å². The van der Waals surface area contributed by atoms with Crippen molar-refractivity contribution in [2.45, 2.75) is 51.5 Å². The van der Waals surface area contributed by atoms with Crippen LogP contribution in [0, 0.1) is 6.92 Å². The molecule has 3 nitrogen and oxygen atoms in total. The fourth-order valence-electron chi connectivity index (χ4n) is 4.82. The van der Waals surface area contributed by atoms with E-state index < -0.39 is 0 Å². The zero-order valence-electron chi connectivity index (χ0n) is 13.9. The molecule has 0 saturated carbocycles. The fourth-order valence-corrected chi connectivity index (χ4v) is 4.90. The largest absolute Gasteiger partial charge is 0.299 e. The van der Waals surface area contributed by atoms with Crippen LogP contribution in [0.4, 0.5) is 0 Å². The summed E-state index contributed by atoms with van der Waals surface area (Å²) in [6, 6.07) is 7.33. The van der Waals surface area contributed by atoms with Gasteiger partial charge in [-0.25, -0.2) is 4.68 Å². The van der Waals surface area contributed by atoms with Gasteiger partial charge in [-0.2, -0.15) is 0 Å². The first-order valence-electron chi connectivity index (χ1n) is 8.71. The molecule has 0 bridgehead atoms. The van der Waals surface area contributed by atoms with E-state index in [1.807, 2.05) is 4.68 Å². The summed E-state index contributed by atoms with van der Waals surface area (Å²) >= 11 is 4.86. The van der Waals surface area contributed by atoms with Crippen LogP contribution in [0.3, 0.4) is 0 Å². The molecule has 1 aromatic carbocycles. The fraction of sp³-hybridized carbons (Fsp3) is 0.526. The van der Waals surface area contributed by atoms with E-state index in [0.717, 1.165) is 6.42 Å². The number of rotatable bonds is 3. The van der Waals surface area contributed by atoms with Gasteiger partial charge in [0.25, 0.3) is 0 Å². The first-order chi connectivity index (χ1) is 11.3.